The number of fused-ring (bicyclic) bond motifs is 1. The largest absolute Gasteiger partial charge is 0.376 e. The maximum Gasteiger partial charge on any atom is 0.0965 e. The molecule has 2 saturated heterocycles. The quantitative estimate of drug-likeness (QED) is 0.864. The van der Waals surface area contributed by atoms with E-state index in [0.717, 1.165) is 17.5 Å². The summed E-state index contributed by atoms with van der Waals surface area (Å²) in [6.45, 7) is 3.57. The van der Waals surface area contributed by atoms with E-state index in [-0.39, 0.29) is 5.54 Å². The van der Waals surface area contributed by atoms with Crippen molar-refractivity contribution in [3.63, 3.8) is 0 Å². The molecule has 2 aliphatic heterocycles. The monoisotopic (exact) mass is 297 g/mol. The second-order valence-corrected chi connectivity index (χ2v) is 5.86. The first-order chi connectivity index (χ1) is 8.21. The number of ether oxygens (including phenoxy) is 1. The minimum atomic E-state index is -0.170. The van der Waals surface area contributed by atoms with Crippen LogP contribution >= 0.6 is 15.9 Å². The fraction of sp³-hybridized carbons (Fsp3) is 0.538. The highest BCUT2D eigenvalue weighted by Gasteiger charge is 2.49. The predicted octanol–water partition coefficient (Wildman–Crippen LogP) is 2.60. The van der Waals surface area contributed by atoms with Crippen molar-refractivity contribution in [2.75, 3.05) is 13.2 Å². The minimum Gasteiger partial charge on any atom is -0.376 e. The summed E-state index contributed by atoms with van der Waals surface area (Å²) in [5, 5.41) is 0. The summed E-state index contributed by atoms with van der Waals surface area (Å²) < 4.78 is 6.92. The lowest BCUT2D eigenvalue weighted by atomic mass is 9.76. The van der Waals surface area contributed by atoms with Crippen LogP contribution in [0.5, 0.6) is 0 Å². The first-order valence-corrected chi connectivity index (χ1v) is 6.76. The normalized spacial score (nSPS) is 36.8. The first-order valence-electron chi connectivity index (χ1n) is 5.97. The van der Waals surface area contributed by atoms with E-state index in [1.165, 1.54) is 5.56 Å². The van der Waals surface area contributed by atoms with Crippen LogP contribution < -0.4 is 5.48 Å². The molecule has 17 heavy (non-hydrogen) atoms. The molecule has 3 rings (SSSR count). The van der Waals surface area contributed by atoms with Crippen LogP contribution in [0.1, 0.15) is 18.9 Å². The molecule has 0 aromatic heterocycles. The maximum absolute atomic E-state index is 5.83. The van der Waals surface area contributed by atoms with Gasteiger partial charge in [0.05, 0.1) is 24.9 Å². The standard InChI is InChI=1S/C13H16BrNO2/c1-9-5-11-7-17-15-13(11,8-16-9)10-3-2-4-12(14)6-10/h2-4,6,9,11,15H,5,7-8H2,1H3/t9-,11-,13+/m0/s1. The molecule has 3 atom stereocenters. The lowest BCUT2D eigenvalue weighted by molar-refractivity contribution is -0.0602. The Balaban J connectivity index is 1.99. The van der Waals surface area contributed by atoms with E-state index in [1.807, 2.05) is 6.07 Å². The molecule has 0 radical (unpaired) electrons. The van der Waals surface area contributed by atoms with Crippen LogP contribution in [-0.4, -0.2) is 19.3 Å². The van der Waals surface area contributed by atoms with Gasteiger partial charge in [-0.1, -0.05) is 28.1 Å². The zero-order valence-corrected chi connectivity index (χ0v) is 11.4. The van der Waals surface area contributed by atoms with Crippen molar-refractivity contribution in [1.82, 2.24) is 5.48 Å². The van der Waals surface area contributed by atoms with Gasteiger partial charge < -0.3 is 9.57 Å². The predicted molar refractivity (Wildman–Crippen MR) is 68.4 cm³/mol. The molecule has 92 valence electrons. The van der Waals surface area contributed by atoms with Crippen LogP contribution in [-0.2, 0) is 15.1 Å². The first kappa shape index (κ1) is 11.7. The minimum absolute atomic E-state index is 0.170. The number of rotatable bonds is 1. The van der Waals surface area contributed by atoms with Gasteiger partial charge in [-0.3, -0.25) is 0 Å². The van der Waals surface area contributed by atoms with Gasteiger partial charge in [0.25, 0.3) is 0 Å². The zero-order chi connectivity index (χ0) is 11.9. The SMILES string of the molecule is C[C@H]1C[C@H]2CON[C@@]2(c2cccc(Br)c2)CO1. The molecule has 2 heterocycles. The van der Waals surface area contributed by atoms with Gasteiger partial charge in [-0.05, 0) is 31.0 Å². The van der Waals surface area contributed by atoms with E-state index in [4.69, 9.17) is 9.57 Å². The molecular formula is C13H16BrNO2. The van der Waals surface area contributed by atoms with Crippen LogP contribution in [0.3, 0.4) is 0 Å². The summed E-state index contributed by atoms with van der Waals surface area (Å²) >= 11 is 3.52. The molecule has 0 aliphatic carbocycles. The summed E-state index contributed by atoms with van der Waals surface area (Å²) in [5.74, 6) is 0.487. The zero-order valence-electron chi connectivity index (χ0n) is 9.78. The molecule has 1 aromatic rings. The van der Waals surface area contributed by atoms with Crippen LogP contribution in [0, 0.1) is 5.92 Å². The third kappa shape index (κ3) is 1.93. The van der Waals surface area contributed by atoms with Gasteiger partial charge in [0.2, 0.25) is 0 Å². The number of halogens is 1. The molecule has 0 amide bonds. The Hall–Kier alpha value is -0.420. The van der Waals surface area contributed by atoms with Gasteiger partial charge in [-0.2, -0.15) is 5.48 Å². The van der Waals surface area contributed by atoms with Gasteiger partial charge in [-0.15, -0.1) is 0 Å². The fourth-order valence-electron chi connectivity index (χ4n) is 2.80. The third-order valence-electron chi connectivity index (χ3n) is 3.79. The molecule has 0 spiro atoms. The van der Waals surface area contributed by atoms with E-state index in [1.54, 1.807) is 0 Å². The average molecular weight is 298 g/mol. The Kier molecular flexibility index (Phi) is 2.99. The molecule has 2 aliphatic rings. The number of hydroxylamine groups is 1. The molecule has 1 N–H and O–H groups in total. The van der Waals surface area contributed by atoms with Crippen molar-refractivity contribution in [3.8, 4) is 0 Å². The van der Waals surface area contributed by atoms with Crippen LogP contribution in [0.15, 0.2) is 28.7 Å². The van der Waals surface area contributed by atoms with Gasteiger partial charge in [-0.25, -0.2) is 0 Å². The van der Waals surface area contributed by atoms with Crippen LogP contribution in [0.4, 0.5) is 0 Å². The molecular weight excluding hydrogens is 282 g/mol. The van der Waals surface area contributed by atoms with Gasteiger partial charge in [0.15, 0.2) is 0 Å². The summed E-state index contributed by atoms with van der Waals surface area (Å²) in [7, 11) is 0. The Labute approximate surface area is 110 Å². The van der Waals surface area contributed by atoms with Crippen LogP contribution in [0.25, 0.3) is 0 Å². The Morgan fingerprint density at radius 1 is 1.47 bits per heavy atom. The Morgan fingerprint density at radius 3 is 3.18 bits per heavy atom. The van der Waals surface area contributed by atoms with Gasteiger partial charge >= 0.3 is 0 Å². The van der Waals surface area contributed by atoms with E-state index in [2.05, 4.69) is 46.5 Å². The fourth-order valence-corrected chi connectivity index (χ4v) is 3.20. The highest BCUT2D eigenvalue weighted by Crippen LogP contribution is 2.41. The van der Waals surface area contributed by atoms with Gasteiger partial charge in [0, 0.05) is 10.4 Å². The Bertz CT molecular complexity index is 426. The molecule has 3 nitrogen and oxygen atoms in total. The molecule has 0 unspecified atom stereocenters. The molecule has 2 fully saturated rings. The lowest BCUT2D eigenvalue weighted by Crippen LogP contribution is -2.50. The van der Waals surface area contributed by atoms with Crippen molar-refractivity contribution in [2.45, 2.75) is 25.0 Å². The number of benzene rings is 1. The van der Waals surface area contributed by atoms with Crippen molar-refractivity contribution >= 4 is 15.9 Å². The summed E-state index contributed by atoms with van der Waals surface area (Å²) in [4.78, 5) is 5.49. The summed E-state index contributed by atoms with van der Waals surface area (Å²) in [6, 6.07) is 8.38. The number of hydrogen-bond donors (Lipinski definition) is 1. The molecule has 4 heteroatoms. The number of nitrogens with one attached hydrogen (secondary N) is 1. The van der Waals surface area contributed by atoms with E-state index >= 15 is 0 Å². The summed E-state index contributed by atoms with van der Waals surface area (Å²) in [6.07, 6.45) is 1.36. The highest BCUT2D eigenvalue weighted by molar-refractivity contribution is 9.10. The third-order valence-corrected chi connectivity index (χ3v) is 4.28. The van der Waals surface area contributed by atoms with E-state index in [9.17, 15) is 0 Å². The van der Waals surface area contributed by atoms with Crippen molar-refractivity contribution < 1.29 is 9.57 Å². The van der Waals surface area contributed by atoms with E-state index < -0.39 is 0 Å². The maximum atomic E-state index is 5.83. The number of hydrogen-bond acceptors (Lipinski definition) is 3. The topological polar surface area (TPSA) is 30.5 Å². The molecule has 0 saturated carbocycles. The highest BCUT2D eigenvalue weighted by atomic mass is 79.9. The van der Waals surface area contributed by atoms with E-state index in [0.29, 0.717) is 18.6 Å². The van der Waals surface area contributed by atoms with Crippen molar-refractivity contribution in [3.05, 3.63) is 34.3 Å². The molecule has 1 aromatic carbocycles. The summed E-state index contributed by atoms with van der Waals surface area (Å²) in [5.41, 5.74) is 4.26. The second kappa shape index (κ2) is 4.35. The van der Waals surface area contributed by atoms with Crippen LogP contribution in [0.2, 0.25) is 0 Å². The smallest absolute Gasteiger partial charge is 0.0965 e. The molecule has 0 bridgehead atoms. The van der Waals surface area contributed by atoms with Gasteiger partial charge in [0.1, 0.15) is 0 Å². The second-order valence-electron chi connectivity index (χ2n) is 4.95. The average Bonchev–Trinajstić information content (AvgIpc) is 2.73. The van der Waals surface area contributed by atoms with Crippen molar-refractivity contribution in [1.29, 1.82) is 0 Å². The Morgan fingerprint density at radius 2 is 2.35 bits per heavy atom. The lowest BCUT2D eigenvalue weighted by Gasteiger charge is -2.40. The van der Waals surface area contributed by atoms with Crippen molar-refractivity contribution in [2.24, 2.45) is 5.92 Å².